The molecule has 3 heterocycles. The molecule has 0 saturated heterocycles. The van der Waals surface area contributed by atoms with Gasteiger partial charge >= 0.3 is 0 Å². The van der Waals surface area contributed by atoms with Gasteiger partial charge in [-0.2, -0.15) is 0 Å². The van der Waals surface area contributed by atoms with E-state index < -0.39 is 0 Å². The minimum Gasteiger partial charge on any atom is -0.311 e. The minimum absolute atomic E-state index is 0.153. The van der Waals surface area contributed by atoms with E-state index in [2.05, 4.69) is 301 Å². The molecule has 0 radical (unpaired) electrons. The molecule has 16 aromatic rings. The Morgan fingerprint density at radius 1 is 0.253 bits per heavy atom. The van der Waals surface area contributed by atoms with Gasteiger partial charge in [-0.15, -0.1) is 0 Å². The lowest BCUT2D eigenvalue weighted by Gasteiger charge is -2.45. The Morgan fingerprint density at radius 2 is 0.602 bits per heavy atom. The molecule has 4 heteroatoms. The van der Waals surface area contributed by atoms with Crippen molar-refractivity contribution in [2.24, 2.45) is 0 Å². The molecule has 0 fully saturated rings. The van der Waals surface area contributed by atoms with Crippen LogP contribution in [-0.4, -0.2) is 11.7 Å². The van der Waals surface area contributed by atoms with Crippen molar-refractivity contribution < 1.29 is 0 Å². The van der Waals surface area contributed by atoms with Crippen LogP contribution < -0.4 is 26.2 Å². The van der Waals surface area contributed by atoms with Crippen molar-refractivity contribution in [1.29, 1.82) is 0 Å². The summed E-state index contributed by atoms with van der Waals surface area (Å²) in [7, 11) is 0. The third-order valence-electron chi connectivity index (χ3n) is 18.0. The number of fused-ring (bicyclic) bond motifs is 6. The summed E-state index contributed by atoms with van der Waals surface area (Å²) in [6.45, 7) is -0.153. The first kappa shape index (κ1) is 46.0. The molecule has 0 amide bonds. The number of hydrogen-bond donors (Lipinski definition) is 0. The zero-order valence-corrected chi connectivity index (χ0v) is 45.1. The van der Waals surface area contributed by atoms with Gasteiger partial charge in [-0.1, -0.05) is 243 Å². The van der Waals surface area contributed by atoms with E-state index in [1.54, 1.807) is 0 Å². The zero-order valence-electron chi connectivity index (χ0n) is 45.1. The monoisotopic (exact) mass is 1050 g/mol. The molecule has 0 bridgehead atoms. The van der Waals surface area contributed by atoms with Crippen LogP contribution in [0, 0.1) is 0 Å². The van der Waals surface area contributed by atoms with Crippen molar-refractivity contribution in [3.63, 3.8) is 0 Å². The van der Waals surface area contributed by atoms with E-state index >= 15 is 0 Å². The Bertz CT molecular complexity index is 4890. The van der Waals surface area contributed by atoms with Crippen LogP contribution in [-0.2, 0) is 0 Å². The second-order valence-corrected chi connectivity index (χ2v) is 22.6. The van der Waals surface area contributed by atoms with Crippen LogP contribution in [0.4, 0.5) is 34.1 Å². The number of nitrogens with zero attached hydrogens (tertiary/aromatic N) is 3. The minimum atomic E-state index is -0.153. The van der Waals surface area contributed by atoms with Crippen molar-refractivity contribution in [1.82, 2.24) is 4.98 Å². The maximum atomic E-state index is 5.43. The standard InChI is InChI=1S/C79H48BN3/c1-5-15-49(16-6-1)51-31-37-63(38-32-51)82-71-47-62(61-45-69(53-19-9-3-10-20-53)81-70(46-61)54-21-11-4-12-22-54)48-72-77(71)80(67-43-59-29-27-55-23-13-25-57-35-41-65(78(67)82)75(59)73(55)57)68-44-60-30-28-56-24-14-26-58-36-42-66(76(60)74(56)58)79(68)83(72)64-39-33-52(34-40-64)50-17-7-2-8-18-50/h1-48H. The van der Waals surface area contributed by atoms with Crippen molar-refractivity contribution in [2.45, 2.75) is 0 Å². The number of rotatable bonds is 7. The molecule has 15 aromatic carbocycles. The third-order valence-corrected chi connectivity index (χ3v) is 18.0. The normalized spacial score (nSPS) is 12.7. The van der Waals surface area contributed by atoms with Gasteiger partial charge < -0.3 is 9.80 Å². The Labute approximate surface area is 481 Å². The number of hydrogen-bond acceptors (Lipinski definition) is 3. The first-order valence-corrected chi connectivity index (χ1v) is 28.8. The molecule has 0 saturated carbocycles. The number of anilines is 6. The highest BCUT2D eigenvalue weighted by molar-refractivity contribution is 7.01. The first-order valence-electron chi connectivity index (χ1n) is 28.8. The number of benzene rings is 15. The second kappa shape index (κ2) is 17.8. The van der Waals surface area contributed by atoms with Crippen LogP contribution in [0.5, 0.6) is 0 Å². The summed E-state index contributed by atoms with van der Waals surface area (Å²) in [5.41, 5.74) is 21.7. The summed E-state index contributed by atoms with van der Waals surface area (Å²) in [6, 6.07) is 109. The van der Waals surface area contributed by atoms with Crippen molar-refractivity contribution in [3.8, 4) is 55.9 Å². The molecule has 1 aromatic heterocycles. The van der Waals surface area contributed by atoms with Gasteiger partial charge in [0.1, 0.15) is 0 Å². The molecule has 18 rings (SSSR count). The summed E-state index contributed by atoms with van der Waals surface area (Å²) in [4.78, 5) is 10.7. The van der Waals surface area contributed by atoms with Crippen LogP contribution >= 0.6 is 0 Å². The number of pyridine rings is 1. The smallest absolute Gasteiger partial charge is 0.252 e. The Hall–Kier alpha value is -10.8. The summed E-state index contributed by atoms with van der Waals surface area (Å²) in [5.74, 6) is 0. The topological polar surface area (TPSA) is 19.4 Å². The molecule has 3 nitrogen and oxygen atoms in total. The van der Waals surface area contributed by atoms with Gasteiger partial charge in [-0.05, 0) is 152 Å². The highest BCUT2D eigenvalue weighted by atomic mass is 15.2. The van der Waals surface area contributed by atoms with Crippen LogP contribution in [0.15, 0.2) is 291 Å². The van der Waals surface area contributed by atoms with Crippen LogP contribution in [0.3, 0.4) is 0 Å². The van der Waals surface area contributed by atoms with Crippen LogP contribution in [0.2, 0.25) is 0 Å². The predicted octanol–water partition coefficient (Wildman–Crippen LogP) is 19.3. The van der Waals surface area contributed by atoms with Gasteiger partial charge in [0, 0.05) is 56.0 Å². The van der Waals surface area contributed by atoms with E-state index in [-0.39, 0.29) is 6.71 Å². The van der Waals surface area contributed by atoms with Gasteiger partial charge in [0.25, 0.3) is 6.71 Å². The molecule has 0 spiro atoms. The largest absolute Gasteiger partial charge is 0.311 e. The molecule has 0 atom stereocenters. The van der Waals surface area contributed by atoms with E-state index in [1.807, 2.05) is 0 Å². The third kappa shape index (κ3) is 6.97. The molecule has 0 unspecified atom stereocenters. The van der Waals surface area contributed by atoms with Crippen LogP contribution in [0.25, 0.3) is 121 Å². The fourth-order valence-electron chi connectivity index (χ4n) is 14.4. The summed E-state index contributed by atoms with van der Waals surface area (Å²) in [5, 5.41) is 15.2. The first-order chi connectivity index (χ1) is 41.1. The molecule has 2 aliphatic heterocycles. The zero-order chi connectivity index (χ0) is 54.3. The van der Waals surface area contributed by atoms with Gasteiger partial charge in [0.15, 0.2) is 0 Å². The van der Waals surface area contributed by atoms with Crippen molar-refractivity contribution in [3.05, 3.63) is 291 Å². The second-order valence-electron chi connectivity index (χ2n) is 22.6. The lowest BCUT2D eigenvalue weighted by molar-refractivity contribution is 1.27. The van der Waals surface area contributed by atoms with Crippen molar-refractivity contribution in [2.75, 3.05) is 9.80 Å². The molecular weight excluding hydrogens is 1000 g/mol. The molecule has 2 aliphatic rings. The number of aromatic nitrogens is 1. The Balaban J connectivity index is 1.00. The molecule has 83 heavy (non-hydrogen) atoms. The molecular formula is C79H48BN3. The van der Waals surface area contributed by atoms with Gasteiger partial charge in [0.05, 0.1) is 11.4 Å². The SMILES string of the molecule is c1ccc(-c2ccc(N3c4cc(-c5cc(-c6ccccc6)nc(-c6ccccc6)c5)cc5c4B(c4cc6ccc7cccc8ccc(c43)c6c78)c3cc4ccc6cccc7ccc(c3N5c3ccc(-c5ccccc5)cc3)c4c67)cc2)cc1. The highest BCUT2D eigenvalue weighted by Gasteiger charge is 2.45. The van der Waals surface area contributed by atoms with E-state index in [0.29, 0.717) is 0 Å². The fraction of sp³-hybridized carbons (Fsp3) is 0. The van der Waals surface area contributed by atoms with E-state index in [0.717, 1.165) is 56.4 Å². The van der Waals surface area contributed by atoms with Crippen LogP contribution in [0.1, 0.15) is 0 Å². The molecule has 382 valence electrons. The summed E-state index contributed by atoms with van der Waals surface area (Å²) in [6.07, 6.45) is 0. The maximum Gasteiger partial charge on any atom is 0.252 e. The lowest BCUT2D eigenvalue weighted by atomic mass is 9.33. The highest BCUT2D eigenvalue weighted by Crippen LogP contribution is 2.52. The van der Waals surface area contributed by atoms with E-state index in [9.17, 15) is 0 Å². The fourth-order valence-corrected chi connectivity index (χ4v) is 14.4. The Kier molecular flexibility index (Phi) is 9.89. The molecule has 0 N–H and O–H groups in total. The van der Waals surface area contributed by atoms with Gasteiger partial charge in [-0.25, -0.2) is 4.98 Å². The predicted molar refractivity (Wildman–Crippen MR) is 353 cm³/mol. The average Bonchev–Trinajstić information content (AvgIpc) is 1.76. The molecule has 0 aliphatic carbocycles. The summed E-state index contributed by atoms with van der Waals surface area (Å²) < 4.78 is 0. The lowest BCUT2D eigenvalue weighted by Crippen LogP contribution is -2.61. The van der Waals surface area contributed by atoms with Crippen molar-refractivity contribution >= 4 is 122 Å². The van der Waals surface area contributed by atoms with Gasteiger partial charge in [-0.3, -0.25) is 0 Å². The Morgan fingerprint density at radius 3 is 1.01 bits per heavy atom. The maximum absolute atomic E-state index is 5.43. The quantitative estimate of drug-likeness (QED) is 0.117. The van der Waals surface area contributed by atoms with E-state index in [4.69, 9.17) is 4.98 Å². The summed E-state index contributed by atoms with van der Waals surface area (Å²) >= 11 is 0. The van der Waals surface area contributed by atoms with E-state index in [1.165, 1.54) is 115 Å². The van der Waals surface area contributed by atoms with Gasteiger partial charge in [0.2, 0.25) is 0 Å². The average molecular weight is 1050 g/mol.